The Labute approximate surface area is 121 Å². The van der Waals surface area contributed by atoms with Crippen LogP contribution in [0.2, 0.25) is 0 Å². The Hall–Kier alpha value is -1.36. The minimum Gasteiger partial charge on any atom is -0.380 e. The molecule has 5 nitrogen and oxygen atoms in total. The first-order chi connectivity index (χ1) is 9.44. The van der Waals surface area contributed by atoms with Crippen LogP contribution in [0.1, 0.15) is 39.4 Å². The average molecular weight is 278 g/mol. The van der Waals surface area contributed by atoms with Crippen molar-refractivity contribution in [2.75, 3.05) is 37.5 Å². The first kappa shape index (κ1) is 15.0. The summed E-state index contributed by atoms with van der Waals surface area (Å²) in [4.78, 5) is 11.6. The molecule has 0 aliphatic carbocycles. The Morgan fingerprint density at radius 3 is 2.70 bits per heavy atom. The van der Waals surface area contributed by atoms with E-state index in [1.54, 1.807) is 7.11 Å². The van der Waals surface area contributed by atoms with Gasteiger partial charge in [0.15, 0.2) is 0 Å². The smallest absolute Gasteiger partial charge is 0.138 e. The molecule has 0 aromatic carbocycles. The molecule has 5 heteroatoms. The summed E-state index contributed by atoms with van der Waals surface area (Å²) in [6.07, 6.45) is 2.57. The van der Waals surface area contributed by atoms with Gasteiger partial charge < -0.3 is 15.0 Å². The van der Waals surface area contributed by atoms with E-state index in [-0.39, 0.29) is 5.41 Å². The molecule has 0 bridgehead atoms. The van der Waals surface area contributed by atoms with E-state index in [1.807, 2.05) is 13.1 Å². The fraction of sp³-hybridized carbons (Fsp3) is 0.733. The molecule has 1 atom stereocenters. The number of nitrogens with zero attached hydrogens (tertiary/aromatic N) is 3. The largest absolute Gasteiger partial charge is 0.380 e. The SMILES string of the molecule is CNc1cc(N2CCCC(OC)C2)nc(C(C)(C)C)n1. The van der Waals surface area contributed by atoms with Crippen molar-refractivity contribution in [2.45, 2.75) is 45.1 Å². The summed E-state index contributed by atoms with van der Waals surface area (Å²) in [6.45, 7) is 8.35. The molecule has 1 aromatic heterocycles. The summed E-state index contributed by atoms with van der Waals surface area (Å²) in [7, 11) is 3.68. The predicted molar refractivity (Wildman–Crippen MR) is 82.5 cm³/mol. The van der Waals surface area contributed by atoms with E-state index in [0.29, 0.717) is 6.10 Å². The first-order valence-corrected chi connectivity index (χ1v) is 7.29. The lowest BCUT2D eigenvalue weighted by Gasteiger charge is -2.33. The predicted octanol–water partition coefficient (Wildman–Crippen LogP) is 2.43. The Kier molecular flexibility index (Phi) is 4.48. The number of piperidine rings is 1. The number of nitrogens with one attached hydrogen (secondary N) is 1. The van der Waals surface area contributed by atoms with E-state index >= 15 is 0 Å². The van der Waals surface area contributed by atoms with Crippen LogP contribution >= 0.6 is 0 Å². The van der Waals surface area contributed by atoms with Crippen LogP contribution in [0.3, 0.4) is 0 Å². The van der Waals surface area contributed by atoms with Gasteiger partial charge >= 0.3 is 0 Å². The maximum absolute atomic E-state index is 5.50. The van der Waals surface area contributed by atoms with E-state index in [4.69, 9.17) is 9.72 Å². The first-order valence-electron chi connectivity index (χ1n) is 7.29. The molecule has 1 aromatic rings. The summed E-state index contributed by atoms with van der Waals surface area (Å²) < 4.78 is 5.50. The highest BCUT2D eigenvalue weighted by Gasteiger charge is 2.24. The van der Waals surface area contributed by atoms with Crippen LogP contribution in [0, 0.1) is 0 Å². The second-order valence-corrected chi connectivity index (χ2v) is 6.38. The van der Waals surface area contributed by atoms with Crippen LogP contribution in [0.4, 0.5) is 11.6 Å². The summed E-state index contributed by atoms with van der Waals surface area (Å²) in [6, 6.07) is 2.02. The van der Waals surface area contributed by atoms with Crippen molar-refractivity contribution in [3.63, 3.8) is 0 Å². The molecule has 0 spiro atoms. The number of ether oxygens (including phenoxy) is 1. The van der Waals surface area contributed by atoms with Crippen LogP contribution in [-0.2, 0) is 10.2 Å². The minimum atomic E-state index is -0.0575. The Balaban J connectivity index is 2.30. The molecule has 0 radical (unpaired) electrons. The third-order valence-corrected chi connectivity index (χ3v) is 3.68. The molecular weight excluding hydrogens is 252 g/mol. The van der Waals surface area contributed by atoms with Crippen molar-refractivity contribution >= 4 is 11.6 Å². The molecule has 1 aliphatic rings. The molecule has 1 fully saturated rings. The summed E-state index contributed by atoms with van der Waals surface area (Å²) >= 11 is 0. The van der Waals surface area contributed by atoms with Gasteiger partial charge in [-0.2, -0.15) is 0 Å². The van der Waals surface area contributed by atoms with Gasteiger partial charge in [0.2, 0.25) is 0 Å². The van der Waals surface area contributed by atoms with Crippen LogP contribution in [-0.4, -0.2) is 43.3 Å². The molecule has 112 valence electrons. The van der Waals surface area contributed by atoms with Gasteiger partial charge in [-0.05, 0) is 12.8 Å². The molecule has 1 aliphatic heterocycles. The molecule has 1 unspecified atom stereocenters. The molecule has 1 N–H and O–H groups in total. The summed E-state index contributed by atoms with van der Waals surface area (Å²) in [5.41, 5.74) is -0.0575. The van der Waals surface area contributed by atoms with E-state index in [0.717, 1.165) is 43.4 Å². The van der Waals surface area contributed by atoms with Gasteiger partial charge in [-0.15, -0.1) is 0 Å². The third kappa shape index (κ3) is 3.39. The molecular formula is C15H26N4O. The molecule has 20 heavy (non-hydrogen) atoms. The van der Waals surface area contributed by atoms with Gasteiger partial charge in [-0.3, -0.25) is 0 Å². The van der Waals surface area contributed by atoms with Gasteiger partial charge in [-0.25, -0.2) is 9.97 Å². The highest BCUT2D eigenvalue weighted by Crippen LogP contribution is 2.26. The van der Waals surface area contributed by atoms with Crippen molar-refractivity contribution in [1.29, 1.82) is 0 Å². The topological polar surface area (TPSA) is 50.3 Å². The highest BCUT2D eigenvalue weighted by molar-refractivity contribution is 5.50. The van der Waals surface area contributed by atoms with Gasteiger partial charge in [-0.1, -0.05) is 20.8 Å². The lowest BCUT2D eigenvalue weighted by Crippen LogP contribution is -2.40. The van der Waals surface area contributed by atoms with E-state index < -0.39 is 0 Å². The van der Waals surface area contributed by atoms with E-state index in [2.05, 4.69) is 36.0 Å². The molecule has 2 heterocycles. The lowest BCUT2D eigenvalue weighted by molar-refractivity contribution is 0.0891. The Bertz CT molecular complexity index is 456. The number of aromatic nitrogens is 2. The van der Waals surface area contributed by atoms with Crippen molar-refractivity contribution in [3.05, 3.63) is 11.9 Å². The third-order valence-electron chi connectivity index (χ3n) is 3.68. The normalized spacial score (nSPS) is 20.1. The monoisotopic (exact) mass is 278 g/mol. The van der Waals surface area contributed by atoms with Gasteiger partial charge in [0, 0.05) is 38.7 Å². The van der Waals surface area contributed by atoms with Crippen LogP contribution in [0.25, 0.3) is 0 Å². The quantitative estimate of drug-likeness (QED) is 0.920. The highest BCUT2D eigenvalue weighted by atomic mass is 16.5. The Morgan fingerprint density at radius 1 is 1.35 bits per heavy atom. The number of methoxy groups -OCH3 is 1. The van der Waals surface area contributed by atoms with Crippen molar-refractivity contribution in [2.24, 2.45) is 0 Å². The Morgan fingerprint density at radius 2 is 2.10 bits per heavy atom. The number of hydrogen-bond acceptors (Lipinski definition) is 5. The van der Waals surface area contributed by atoms with Crippen molar-refractivity contribution in [1.82, 2.24) is 9.97 Å². The maximum atomic E-state index is 5.50. The van der Waals surface area contributed by atoms with Crippen LogP contribution < -0.4 is 10.2 Å². The second kappa shape index (κ2) is 5.95. The van der Waals surface area contributed by atoms with Crippen LogP contribution in [0.15, 0.2) is 6.07 Å². The standard InChI is InChI=1S/C15H26N4O/c1-15(2,3)14-17-12(16-4)9-13(18-14)19-8-6-7-11(10-19)20-5/h9,11H,6-8,10H2,1-5H3,(H,16,17,18). The zero-order chi connectivity index (χ0) is 14.8. The average Bonchev–Trinajstić information content (AvgIpc) is 2.46. The maximum Gasteiger partial charge on any atom is 0.138 e. The zero-order valence-corrected chi connectivity index (χ0v) is 13.2. The second-order valence-electron chi connectivity index (χ2n) is 6.38. The lowest BCUT2D eigenvalue weighted by atomic mass is 9.95. The fourth-order valence-corrected chi connectivity index (χ4v) is 2.40. The summed E-state index contributed by atoms with van der Waals surface area (Å²) in [5.74, 6) is 2.74. The zero-order valence-electron chi connectivity index (χ0n) is 13.2. The van der Waals surface area contributed by atoms with E-state index in [1.165, 1.54) is 0 Å². The van der Waals surface area contributed by atoms with Crippen molar-refractivity contribution < 1.29 is 4.74 Å². The number of hydrogen-bond donors (Lipinski definition) is 1. The van der Waals surface area contributed by atoms with Gasteiger partial charge in [0.05, 0.1) is 6.10 Å². The minimum absolute atomic E-state index is 0.0575. The molecule has 1 saturated heterocycles. The van der Waals surface area contributed by atoms with Crippen molar-refractivity contribution in [3.8, 4) is 0 Å². The number of rotatable bonds is 3. The van der Waals surface area contributed by atoms with Gasteiger partial charge in [0.25, 0.3) is 0 Å². The molecule has 2 rings (SSSR count). The molecule has 0 amide bonds. The van der Waals surface area contributed by atoms with E-state index in [9.17, 15) is 0 Å². The summed E-state index contributed by atoms with van der Waals surface area (Å²) in [5, 5.41) is 3.14. The fourth-order valence-electron chi connectivity index (χ4n) is 2.40. The van der Waals surface area contributed by atoms with Gasteiger partial charge in [0.1, 0.15) is 17.5 Å². The molecule has 0 saturated carbocycles. The number of anilines is 2. The van der Waals surface area contributed by atoms with Crippen LogP contribution in [0.5, 0.6) is 0 Å².